The molecule has 35 heavy (non-hydrogen) atoms. The fourth-order valence-corrected chi connectivity index (χ4v) is 3.56. The fraction of sp³-hybridized carbons (Fsp3) is 0.417. The SMILES string of the molecule is CCN(CC)CCCN(CCNC(=O)Nc1ccc(Br)cc1)C(=O)Nc1ccc(C(F)(F)F)cc1. The van der Waals surface area contributed by atoms with Crippen LogP contribution in [-0.2, 0) is 6.18 Å². The van der Waals surface area contributed by atoms with Crippen LogP contribution in [0.15, 0.2) is 53.0 Å². The molecule has 192 valence electrons. The predicted octanol–water partition coefficient (Wildman–Crippen LogP) is 5.86. The van der Waals surface area contributed by atoms with E-state index in [0.29, 0.717) is 18.7 Å². The standard InChI is InChI=1S/C24H31BrF3N5O2/c1-3-32(4-2)15-5-16-33(17-14-29-22(34)30-20-12-8-19(25)9-13-20)23(35)31-21-10-6-18(7-11-21)24(26,27)28/h6-13H,3-5,14-17H2,1-2H3,(H,31,35)(H2,29,30,34). The molecule has 0 aliphatic heterocycles. The maximum Gasteiger partial charge on any atom is 0.416 e. The van der Waals surface area contributed by atoms with Gasteiger partial charge in [-0.1, -0.05) is 29.8 Å². The van der Waals surface area contributed by atoms with Gasteiger partial charge in [-0.25, -0.2) is 9.59 Å². The molecule has 0 saturated carbocycles. The normalized spacial score (nSPS) is 11.3. The number of carbonyl (C=O) groups excluding carboxylic acids is 2. The van der Waals surface area contributed by atoms with Gasteiger partial charge in [-0.3, -0.25) is 0 Å². The van der Waals surface area contributed by atoms with Gasteiger partial charge < -0.3 is 25.8 Å². The minimum Gasteiger partial charge on any atom is -0.336 e. The minimum atomic E-state index is -4.44. The van der Waals surface area contributed by atoms with Crippen molar-refractivity contribution in [3.05, 3.63) is 58.6 Å². The number of urea groups is 2. The van der Waals surface area contributed by atoms with Crippen LogP contribution in [-0.4, -0.2) is 61.1 Å². The molecular weight excluding hydrogens is 527 g/mol. The molecule has 0 atom stereocenters. The van der Waals surface area contributed by atoms with Gasteiger partial charge in [-0.05, 0) is 74.6 Å². The molecule has 2 aromatic carbocycles. The van der Waals surface area contributed by atoms with E-state index < -0.39 is 23.8 Å². The Morgan fingerprint density at radius 3 is 2.00 bits per heavy atom. The van der Waals surface area contributed by atoms with Gasteiger partial charge in [-0.15, -0.1) is 0 Å². The molecule has 0 fully saturated rings. The van der Waals surface area contributed by atoms with Crippen LogP contribution in [0.1, 0.15) is 25.8 Å². The summed E-state index contributed by atoms with van der Waals surface area (Å²) in [5.74, 6) is 0. The van der Waals surface area contributed by atoms with Gasteiger partial charge in [0.25, 0.3) is 0 Å². The molecule has 4 amide bonds. The van der Waals surface area contributed by atoms with E-state index in [-0.39, 0.29) is 18.8 Å². The lowest BCUT2D eigenvalue weighted by Crippen LogP contribution is -2.43. The smallest absolute Gasteiger partial charge is 0.336 e. The average molecular weight is 558 g/mol. The Morgan fingerprint density at radius 2 is 1.43 bits per heavy atom. The maximum atomic E-state index is 12.9. The lowest BCUT2D eigenvalue weighted by atomic mass is 10.2. The second-order valence-electron chi connectivity index (χ2n) is 7.76. The Morgan fingerprint density at radius 1 is 0.857 bits per heavy atom. The Kier molecular flexibility index (Phi) is 11.3. The molecular formula is C24H31BrF3N5O2. The predicted molar refractivity (Wildman–Crippen MR) is 136 cm³/mol. The van der Waals surface area contributed by atoms with Gasteiger partial charge in [-0.2, -0.15) is 13.2 Å². The van der Waals surface area contributed by atoms with E-state index in [2.05, 4.69) is 50.6 Å². The number of anilines is 2. The third kappa shape index (κ3) is 10.2. The molecule has 0 aliphatic rings. The van der Waals surface area contributed by atoms with Gasteiger partial charge >= 0.3 is 18.2 Å². The summed E-state index contributed by atoms with van der Waals surface area (Å²) < 4.78 is 39.3. The summed E-state index contributed by atoms with van der Waals surface area (Å²) >= 11 is 3.33. The zero-order valence-corrected chi connectivity index (χ0v) is 21.4. The van der Waals surface area contributed by atoms with Gasteiger partial charge in [0.2, 0.25) is 0 Å². The van der Waals surface area contributed by atoms with Crippen molar-refractivity contribution in [2.45, 2.75) is 26.4 Å². The van der Waals surface area contributed by atoms with Crippen LogP contribution in [0.5, 0.6) is 0 Å². The number of benzene rings is 2. The van der Waals surface area contributed by atoms with Crippen molar-refractivity contribution < 1.29 is 22.8 Å². The molecule has 7 nitrogen and oxygen atoms in total. The van der Waals surface area contributed by atoms with E-state index in [1.807, 2.05) is 0 Å². The molecule has 11 heteroatoms. The Hall–Kier alpha value is -2.79. The molecule has 0 saturated heterocycles. The largest absolute Gasteiger partial charge is 0.416 e. The van der Waals surface area contributed by atoms with Crippen molar-refractivity contribution in [3.63, 3.8) is 0 Å². The van der Waals surface area contributed by atoms with E-state index in [9.17, 15) is 22.8 Å². The fourth-order valence-electron chi connectivity index (χ4n) is 3.30. The van der Waals surface area contributed by atoms with Crippen LogP contribution in [0.25, 0.3) is 0 Å². The number of nitrogens with one attached hydrogen (secondary N) is 3. The summed E-state index contributed by atoms with van der Waals surface area (Å²) in [5.41, 5.74) is 0.104. The lowest BCUT2D eigenvalue weighted by Gasteiger charge is -2.25. The van der Waals surface area contributed by atoms with Gasteiger partial charge in [0.05, 0.1) is 5.56 Å². The van der Waals surface area contributed by atoms with Crippen LogP contribution in [0.3, 0.4) is 0 Å². The van der Waals surface area contributed by atoms with Crippen LogP contribution in [0, 0.1) is 0 Å². The van der Waals surface area contributed by atoms with E-state index >= 15 is 0 Å². The first-order valence-electron chi connectivity index (χ1n) is 11.4. The first kappa shape index (κ1) is 28.4. The van der Waals surface area contributed by atoms with Crippen molar-refractivity contribution in [2.75, 3.05) is 49.9 Å². The monoisotopic (exact) mass is 557 g/mol. The van der Waals surface area contributed by atoms with Crippen molar-refractivity contribution in [2.24, 2.45) is 0 Å². The van der Waals surface area contributed by atoms with Crippen molar-refractivity contribution in [1.29, 1.82) is 0 Å². The molecule has 0 unspecified atom stereocenters. The van der Waals surface area contributed by atoms with Crippen LogP contribution >= 0.6 is 15.9 Å². The van der Waals surface area contributed by atoms with Gasteiger partial charge in [0.1, 0.15) is 0 Å². The number of hydrogen-bond acceptors (Lipinski definition) is 3. The van der Waals surface area contributed by atoms with Crippen molar-refractivity contribution in [1.82, 2.24) is 15.1 Å². The molecule has 0 aliphatic carbocycles. The Bertz CT molecular complexity index is 936. The van der Waals surface area contributed by atoms with Gasteiger partial charge in [0, 0.05) is 35.5 Å². The first-order valence-corrected chi connectivity index (χ1v) is 12.2. The van der Waals surface area contributed by atoms with Crippen LogP contribution in [0.2, 0.25) is 0 Å². The van der Waals surface area contributed by atoms with E-state index in [1.54, 1.807) is 29.2 Å². The molecule has 2 aromatic rings. The van der Waals surface area contributed by atoms with E-state index in [1.165, 1.54) is 12.1 Å². The zero-order valence-electron chi connectivity index (χ0n) is 19.8. The number of rotatable bonds is 11. The summed E-state index contributed by atoms with van der Waals surface area (Å²) in [7, 11) is 0. The molecule has 0 radical (unpaired) electrons. The van der Waals surface area contributed by atoms with E-state index in [4.69, 9.17) is 0 Å². The number of amides is 4. The molecule has 2 rings (SSSR count). The second kappa shape index (κ2) is 13.9. The zero-order chi connectivity index (χ0) is 25.8. The third-order valence-corrected chi connectivity index (χ3v) is 5.85. The third-order valence-electron chi connectivity index (χ3n) is 5.32. The molecule has 0 spiro atoms. The van der Waals surface area contributed by atoms with Crippen molar-refractivity contribution in [3.8, 4) is 0 Å². The number of alkyl halides is 3. The van der Waals surface area contributed by atoms with Gasteiger partial charge in [0.15, 0.2) is 0 Å². The Balaban J connectivity index is 1.94. The topological polar surface area (TPSA) is 76.7 Å². The molecule has 0 aromatic heterocycles. The van der Waals surface area contributed by atoms with E-state index in [0.717, 1.165) is 36.2 Å². The lowest BCUT2D eigenvalue weighted by molar-refractivity contribution is -0.137. The minimum absolute atomic E-state index is 0.202. The summed E-state index contributed by atoms with van der Waals surface area (Å²) in [5, 5.41) is 8.08. The summed E-state index contributed by atoms with van der Waals surface area (Å²) in [6.45, 7) is 7.58. The number of carbonyl (C=O) groups is 2. The quantitative estimate of drug-likeness (QED) is 0.324. The highest BCUT2D eigenvalue weighted by atomic mass is 79.9. The number of hydrogen-bond donors (Lipinski definition) is 3. The number of halogens is 4. The number of nitrogens with zero attached hydrogens (tertiary/aromatic N) is 2. The highest BCUT2D eigenvalue weighted by Crippen LogP contribution is 2.29. The molecule has 3 N–H and O–H groups in total. The highest BCUT2D eigenvalue weighted by Gasteiger charge is 2.30. The van der Waals surface area contributed by atoms with Crippen molar-refractivity contribution >= 4 is 39.4 Å². The van der Waals surface area contributed by atoms with Crippen LogP contribution in [0.4, 0.5) is 34.1 Å². The average Bonchev–Trinajstić information content (AvgIpc) is 2.82. The maximum absolute atomic E-state index is 12.9. The summed E-state index contributed by atoms with van der Waals surface area (Å²) in [4.78, 5) is 28.8. The molecule has 0 heterocycles. The molecule has 0 bridgehead atoms. The highest BCUT2D eigenvalue weighted by molar-refractivity contribution is 9.10. The Labute approximate surface area is 212 Å². The second-order valence-corrected chi connectivity index (χ2v) is 8.68. The van der Waals surface area contributed by atoms with Crippen LogP contribution < -0.4 is 16.0 Å². The first-order chi connectivity index (χ1) is 16.6. The summed E-state index contributed by atoms with van der Waals surface area (Å²) in [6, 6.07) is 10.6. The summed E-state index contributed by atoms with van der Waals surface area (Å²) in [6.07, 6.45) is -3.73.